The molecule has 0 aromatic rings. The first kappa shape index (κ1) is 1.00. The van der Waals surface area contributed by atoms with E-state index in [2.05, 4.69) is 21.2 Å². The van der Waals surface area contributed by atoms with Crippen LogP contribution in [0.5, 0.6) is 0 Å². The fraction of sp³-hybridized carbons (Fsp3) is 0. The molecule has 5 heteroatoms. The summed E-state index contributed by atoms with van der Waals surface area (Å²) in [5, 5.41) is 8.14. The molecule has 0 rings (SSSR count). The third-order valence-electron chi connectivity index (χ3n) is 0.0800. The highest BCUT2D eigenvalue weighted by Gasteiger charge is 1.43. The largest absolute Gasteiger partial charge is 0.303 e. The molecule has 0 spiro atoms. The molecular formula is H3N5. The van der Waals surface area contributed by atoms with Crippen molar-refractivity contribution < 1.29 is 4.24 Å². The summed E-state index contributed by atoms with van der Waals surface area (Å²) in [6.45, 7) is 0. The van der Waals surface area contributed by atoms with E-state index in [1.807, 2.05) is 0 Å². The average Bonchev–Trinajstić information content (AvgIpc) is 1.66. The zero-order chi connectivity index (χ0) is 6.41. The molecule has 0 unspecified atom stereocenters. The maximum absolute atomic E-state index is 6.23. The van der Waals surface area contributed by atoms with Crippen LogP contribution in [0.2, 0.25) is 4.24 Å². The van der Waals surface area contributed by atoms with Gasteiger partial charge in [-0.2, -0.15) is 5.52 Å². The molecule has 0 aliphatic heterocycles. The van der Waals surface area contributed by atoms with Gasteiger partial charge in [0.25, 0.3) is 0 Å². The minimum Gasteiger partial charge on any atom is -0.303 e. The topological polar surface area (TPSA) is 87.0 Å². The number of nitrogens with zero attached hydrogens (tertiary/aromatic N) is 3. The quantitative estimate of drug-likeness (QED) is 0.276. The minimum atomic E-state index is -0.0469. The molecule has 3 N–H and O–H groups in total. The Hall–Kier alpha value is -1.00. The van der Waals surface area contributed by atoms with E-state index in [0.717, 1.165) is 0 Å². The highest BCUT2D eigenvalue weighted by atomic mass is 15.5. The molecule has 0 heterocycles. The van der Waals surface area contributed by atoms with E-state index < -0.39 is 0 Å². The lowest BCUT2D eigenvalue weighted by Gasteiger charge is -1.56. The molecule has 5 heavy (non-hydrogen) atoms. The van der Waals surface area contributed by atoms with Crippen molar-refractivity contribution in [3.05, 3.63) is 0 Å². The summed E-state index contributed by atoms with van der Waals surface area (Å²) in [6.07, 6.45) is 0. The molecule has 0 aromatic carbocycles. The van der Waals surface area contributed by atoms with E-state index in [0.29, 0.717) is 0 Å². The second kappa shape index (κ2) is 3.00. The molecule has 5 nitrogen and oxygen atoms in total. The van der Waals surface area contributed by atoms with Gasteiger partial charge in [-0.1, -0.05) is 5.22 Å². The predicted octanol–water partition coefficient (Wildman–Crippen LogP) is 0.258. The summed E-state index contributed by atoms with van der Waals surface area (Å²) in [4.78, 5) is 0. The molecule has 0 saturated carbocycles. The van der Waals surface area contributed by atoms with Crippen molar-refractivity contribution in [2.75, 3.05) is 0 Å². The summed E-state index contributed by atoms with van der Waals surface area (Å²) < 4.78 is 18.5. The van der Waals surface area contributed by atoms with Gasteiger partial charge >= 0.3 is 0 Å². The van der Waals surface area contributed by atoms with Crippen LogP contribution in [-0.2, 0) is 0 Å². The summed E-state index contributed by atoms with van der Waals surface area (Å²) in [5.41, 5.74) is 2.43. The maximum atomic E-state index is 6.23. The van der Waals surface area contributed by atoms with Crippen LogP contribution in [0.15, 0.2) is 15.7 Å². The summed E-state index contributed by atoms with van der Waals surface area (Å²) in [6, 6.07) is 0. The van der Waals surface area contributed by atoms with Crippen molar-refractivity contribution in [1.29, 1.82) is 5.52 Å². The van der Waals surface area contributed by atoms with Gasteiger partial charge < -0.3 is 5.83 Å². The third-order valence-corrected chi connectivity index (χ3v) is 0.0800. The maximum Gasteiger partial charge on any atom is 0.216 e. The van der Waals surface area contributed by atoms with Gasteiger partial charge in [0.2, 0.25) is 1.41 Å². The van der Waals surface area contributed by atoms with E-state index in [1.165, 1.54) is 0 Å². The monoisotopic (exact) mass is 76.1 g/mol. The SMILES string of the molecule is [2H]N=N/N=N/N([2H])[2H]. The highest BCUT2D eigenvalue weighted by molar-refractivity contribution is 3.87. The Bertz CT molecular complexity index is 93.8. The lowest BCUT2D eigenvalue weighted by molar-refractivity contribution is 0.859. The van der Waals surface area contributed by atoms with E-state index in [4.69, 9.17) is 4.24 Å². The Labute approximate surface area is 32.7 Å². The first-order chi connectivity index (χ1) is 3.77. The number of nitrogens with two attached hydrogens (primary N) is 1. The lowest BCUT2D eigenvalue weighted by atomic mass is 12.5. The average molecular weight is 76.1 g/mol. The van der Waals surface area contributed by atoms with Gasteiger partial charge in [-0.05, 0) is 10.4 Å². The van der Waals surface area contributed by atoms with Gasteiger partial charge in [0.05, 0.1) is 0 Å². The molecule has 0 fully saturated rings. The second-order valence-electron chi connectivity index (χ2n) is 0.268. The summed E-state index contributed by atoms with van der Waals surface area (Å²) in [5.74, 6) is -0.0469. The fourth-order valence-electron chi connectivity index (χ4n) is 0.0179. The first-order valence-electron chi connectivity index (χ1n) is 2.14. The van der Waals surface area contributed by atoms with Gasteiger partial charge in [-0.15, -0.1) is 0 Å². The molecule has 0 amide bonds. The van der Waals surface area contributed by atoms with Crippen LogP contribution in [0.1, 0.15) is 0 Å². The van der Waals surface area contributed by atoms with Gasteiger partial charge in [0.15, 0.2) is 2.82 Å². The Kier molecular flexibility index (Phi) is 0.600. The zero-order valence-electron chi connectivity index (χ0n) is 5.24. The smallest absolute Gasteiger partial charge is 0.216 e. The van der Waals surface area contributed by atoms with E-state index >= 15 is 0 Å². The highest BCUT2D eigenvalue weighted by Crippen LogP contribution is 1.60. The van der Waals surface area contributed by atoms with Crippen LogP contribution < -0.4 is 5.83 Å². The van der Waals surface area contributed by atoms with Crippen molar-refractivity contribution in [3.63, 3.8) is 0 Å². The van der Waals surface area contributed by atoms with Gasteiger partial charge in [-0.25, -0.2) is 0 Å². The normalized spacial score (nSPS) is 18.8. The number of rotatable bonds is 2. The zero-order valence-corrected chi connectivity index (χ0v) is 2.24. The first-order valence-corrected chi connectivity index (χ1v) is 0.800. The predicted molar refractivity (Wildman–Crippen MR) is 14.2 cm³/mol. The molecule has 0 aliphatic carbocycles. The third kappa shape index (κ3) is 3.00. The van der Waals surface area contributed by atoms with Crippen molar-refractivity contribution in [2.45, 2.75) is 0 Å². The van der Waals surface area contributed by atoms with Crippen LogP contribution in [-0.4, -0.2) is 0 Å². The van der Waals surface area contributed by atoms with Crippen LogP contribution >= 0.6 is 0 Å². The van der Waals surface area contributed by atoms with E-state index in [9.17, 15) is 0 Å². The Morgan fingerprint density at radius 2 is 3.20 bits per heavy atom. The molecule has 0 atom stereocenters. The molecule has 0 saturated heterocycles. The Balaban J connectivity index is 3.34. The molecule has 28 valence electrons. The van der Waals surface area contributed by atoms with Gasteiger partial charge in [0, 0.05) is 0 Å². The van der Waals surface area contributed by atoms with Gasteiger partial charge in [0.1, 0.15) is 0 Å². The van der Waals surface area contributed by atoms with Crippen LogP contribution in [0.25, 0.3) is 0 Å². The van der Waals surface area contributed by atoms with Crippen LogP contribution in [0.3, 0.4) is 0 Å². The van der Waals surface area contributed by atoms with E-state index in [-0.39, 0.29) is 5.83 Å². The van der Waals surface area contributed by atoms with Crippen molar-refractivity contribution in [1.82, 2.24) is 0 Å². The number of nitrogens with one attached hydrogen (secondary N) is 1. The fourth-order valence-corrected chi connectivity index (χ4v) is 0.0179. The number of hydrogen-bond donors (Lipinski definition) is 2. The van der Waals surface area contributed by atoms with Crippen molar-refractivity contribution in [3.8, 4) is 0 Å². The van der Waals surface area contributed by atoms with Crippen molar-refractivity contribution >= 4 is 0 Å². The molecule has 0 bridgehead atoms. The Morgan fingerprint density at radius 1 is 2.20 bits per heavy atom. The molecule has 0 radical (unpaired) electrons. The van der Waals surface area contributed by atoms with Crippen LogP contribution in [0, 0.1) is 5.52 Å². The van der Waals surface area contributed by atoms with Gasteiger partial charge in [-0.3, -0.25) is 0 Å². The lowest BCUT2D eigenvalue weighted by Crippen LogP contribution is -1.69. The Morgan fingerprint density at radius 3 is 3.80 bits per heavy atom. The molecular weight excluding hydrogens is 70.0 g/mol. The minimum absolute atomic E-state index is 0.0469. The summed E-state index contributed by atoms with van der Waals surface area (Å²) in [7, 11) is 0. The van der Waals surface area contributed by atoms with Crippen molar-refractivity contribution in [2.24, 2.45) is 21.5 Å². The van der Waals surface area contributed by atoms with Crippen LogP contribution in [0.4, 0.5) is 0 Å². The summed E-state index contributed by atoms with van der Waals surface area (Å²) >= 11 is 0. The standard InChI is InChI=1S/H3N5/c1-3-5-4-2/h(H3,1,2,5)/i/hD3. The molecule has 0 aromatic heterocycles. The number of hydrogen-bond acceptors (Lipinski definition) is 2. The van der Waals surface area contributed by atoms with E-state index in [1.54, 1.807) is 0 Å². The molecule has 0 aliphatic rings. The second-order valence-corrected chi connectivity index (χ2v) is 0.268.